The van der Waals surface area contributed by atoms with Crippen LogP contribution in [0.5, 0.6) is 0 Å². The Balaban J connectivity index is 2.54. The largest absolute Gasteiger partial charge is 0.300 e. The van der Waals surface area contributed by atoms with Crippen molar-refractivity contribution in [2.45, 2.75) is 33.2 Å². The number of unbranched alkanes of at least 4 members (excludes halogenated alkanes) is 1. The Morgan fingerprint density at radius 1 is 1.39 bits per heavy atom. The number of hydrogen-bond acceptors (Lipinski definition) is 4. The Bertz CT molecular complexity index is 654. The fourth-order valence-electron chi connectivity index (χ4n) is 1.72. The lowest BCUT2D eigenvalue weighted by molar-refractivity contribution is 0.628. The fourth-order valence-corrected chi connectivity index (χ4v) is 1.94. The van der Waals surface area contributed by atoms with Gasteiger partial charge in [0.15, 0.2) is 10.6 Å². The predicted molar refractivity (Wildman–Crippen MR) is 70.9 cm³/mol. The average molecular weight is 265 g/mol. The summed E-state index contributed by atoms with van der Waals surface area (Å²) in [6.07, 6.45) is 2.04. The molecule has 0 saturated heterocycles. The van der Waals surface area contributed by atoms with E-state index in [1.165, 1.54) is 0 Å². The smallest absolute Gasteiger partial charge is 0.275 e. The van der Waals surface area contributed by atoms with Gasteiger partial charge in [-0.2, -0.15) is 10.2 Å². The number of rotatable bonds is 4. The molecule has 0 aliphatic carbocycles. The first-order chi connectivity index (χ1) is 8.63. The molecule has 2 aromatic heterocycles. The van der Waals surface area contributed by atoms with Gasteiger partial charge in [-0.3, -0.25) is 9.89 Å². The van der Waals surface area contributed by atoms with Crippen LogP contribution in [-0.2, 0) is 6.54 Å². The third-order valence-electron chi connectivity index (χ3n) is 2.67. The number of nitrogens with zero attached hydrogens (tertiary/aromatic N) is 3. The molecule has 2 aromatic rings. The molecule has 96 valence electrons. The highest BCUT2D eigenvalue weighted by molar-refractivity contribution is 7.71. The minimum atomic E-state index is -0.257. The van der Waals surface area contributed by atoms with Crippen molar-refractivity contribution in [1.82, 2.24) is 25.0 Å². The topological polar surface area (TPSA) is 79.4 Å². The second-order valence-electron chi connectivity index (χ2n) is 4.11. The van der Waals surface area contributed by atoms with Crippen molar-refractivity contribution < 1.29 is 0 Å². The molecular weight excluding hydrogens is 250 g/mol. The molecule has 2 heterocycles. The van der Waals surface area contributed by atoms with E-state index in [4.69, 9.17) is 12.2 Å². The number of aryl methyl sites for hydroxylation is 1. The average Bonchev–Trinajstić information content (AvgIpc) is 2.71. The number of aromatic amines is 2. The zero-order valence-electron chi connectivity index (χ0n) is 10.4. The third kappa shape index (κ3) is 2.40. The lowest BCUT2D eigenvalue weighted by atomic mass is 10.2. The van der Waals surface area contributed by atoms with E-state index >= 15 is 0 Å². The number of nitrogens with one attached hydrogen (secondary N) is 2. The van der Waals surface area contributed by atoms with Crippen molar-refractivity contribution in [3.8, 4) is 11.4 Å². The molecule has 0 atom stereocenters. The summed E-state index contributed by atoms with van der Waals surface area (Å²) >= 11 is 5.18. The van der Waals surface area contributed by atoms with E-state index in [9.17, 15) is 4.79 Å². The van der Waals surface area contributed by atoms with Crippen LogP contribution in [0.15, 0.2) is 10.9 Å². The van der Waals surface area contributed by atoms with Crippen LogP contribution in [0.1, 0.15) is 25.5 Å². The second kappa shape index (κ2) is 5.26. The summed E-state index contributed by atoms with van der Waals surface area (Å²) in [6.45, 7) is 4.67. The van der Waals surface area contributed by atoms with Gasteiger partial charge in [0.25, 0.3) is 5.56 Å². The van der Waals surface area contributed by atoms with Gasteiger partial charge in [0, 0.05) is 6.54 Å². The van der Waals surface area contributed by atoms with Gasteiger partial charge in [-0.15, -0.1) is 0 Å². The summed E-state index contributed by atoms with van der Waals surface area (Å²) in [5, 5.41) is 13.2. The van der Waals surface area contributed by atoms with E-state index in [-0.39, 0.29) is 5.56 Å². The van der Waals surface area contributed by atoms with Crippen LogP contribution >= 0.6 is 12.2 Å². The summed E-state index contributed by atoms with van der Waals surface area (Å²) < 4.78 is 2.38. The van der Waals surface area contributed by atoms with Crippen LogP contribution < -0.4 is 5.56 Å². The van der Waals surface area contributed by atoms with Gasteiger partial charge >= 0.3 is 0 Å². The minimum absolute atomic E-state index is 0.257. The molecule has 0 radical (unpaired) electrons. The zero-order chi connectivity index (χ0) is 13.1. The van der Waals surface area contributed by atoms with Gasteiger partial charge in [0.1, 0.15) is 0 Å². The molecule has 18 heavy (non-hydrogen) atoms. The van der Waals surface area contributed by atoms with E-state index in [1.54, 1.807) is 6.07 Å². The zero-order valence-corrected chi connectivity index (χ0v) is 11.2. The van der Waals surface area contributed by atoms with Gasteiger partial charge in [-0.05, 0) is 31.6 Å². The predicted octanol–water partition coefficient (Wildman–Crippen LogP) is 1.80. The first-order valence-electron chi connectivity index (χ1n) is 5.85. The molecule has 0 aromatic carbocycles. The molecule has 2 N–H and O–H groups in total. The highest BCUT2D eigenvalue weighted by atomic mass is 32.1. The standard InChI is InChI=1S/C11H15N5OS/c1-3-4-5-16-9(13-15-11(16)18)8-6-7(2)12-14-10(8)17/h6H,3-5H2,1-2H3,(H,14,17)(H,15,18). The van der Waals surface area contributed by atoms with E-state index < -0.39 is 0 Å². The number of H-pyrrole nitrogens is 2. The Kier molecular flexibility index (Phi) is 3.71. The van der Waals surface area contributed by atoms with Crippen molar-refractivity contribution in [2.75, 3.05) is 0 Å². The van der Waals surface area contributed by atoms with Gasteiger partial charge in [-0.25, -0.2) is 5.10 Å². The minimum Gasteiger partial charge on any atom is -0.300 e. The Morgan fingerprint density at radius 2 is 2.17 bits per heavy atom. The van der Waals surface area contributed by atoms with Gasteiger partial charge in [-0.1, -0.05) is 13.3 Å². The quantitative estimate of drug-likeness (QED) is 0.826. The van der Waals surface area contributed by atoms with Crippen molar-refractivity contribution in [1.29, 1.82) is 0 Å². The molecule has 0 fully saturated rings. The number of hydrogen-bond donors (Lipinski definition) is 2. The molecule has 6 nitrogen and oxygen atoms in total. The molecule has 0 unspecified atom stereocenters. The summed E-state index contributed by atoms with van der Waals surface area (Å²) in [5.74, 6) is 0.570. The van der Waals surface area contributed by atoms with Crippen molar-refractivity contribution in [3.63, 3.8) is 0 Å². The maximum absolute atomic E-state index is 11.8. The van der Waals surface area contributed by atoms with E-state index in [0.717, 1.165) is 25.1 Å². The Labute approximate surface area is 109 Å². The van der Waals surface area contributed by atoms with Gasteiger partial charge in [0.05, 0.1) is 11.3 Å². The van der Waals surface area contributed by atoms with Crippen LogP contribution in [0.2, 0.25) is 0 Å². The Morgan fingerprint density at radius 3 is 2.89 bits per heavy atom. The number of aromatic nitrogens is 5. The molecule has 0 spiro atoms. The van der Waals surface area contributed by atoms with Crippen molar-refractivity contribution in [2.24, 2.45) is 0 Å². The summed E-state index contributed by atoms with van der Waals surface area (Å²) in [4.78, 5) is 11.8. The van der Waals surface area contributed by atoms with E-state index in [1.807, 2.05) is 11.5 Å². The molecule has 0 aliphatic heterocycles. The molecule has 0 bridgehead atoms. The third-order valence-corrected chi connectivity index (χ3v) is 2.98. The lowest BCUT2D eigenvalue weighted by Crippen LogP contribution is -2.14. The van der Waals surface area contributed by atoms with E-state index in [0.29, 0.717) is 16.2 Å². The molecule has 0 aliphatic rings. The first-order valence-corrected chi connectivity index (χ1v) is 6.26. The molecule has 0 saturated carbocycles. The fraction of sp³-hybridized carbons (Fsp3) is 0.455. The molecule has 2 rings (SSSR count). The maximum Gasteiger partial charge on any atom is 0.275 e. The normalized spacial score (nSPS) is 10.8. The second-order valence-corrected chi connectivity index (χ2v) is 4.50. The molecular formula is C11H15N5OS. The monoisotopic (exact) mass is 265 g/mol. The van der Waals surface area contributed by atoms with Crippen LogP contribution in [0.3, 0.4) is 0 Å². The van der Waals surface area contributed by atoms with E-state index in [2.05, 4.69) is 27.3 Å². The van der Waals surface area contributed by atoms with Crippen LogP contribution in [0, 0.1) is 11.7 Å². The van der Waals surface area contributed by atoms with Crippen molar-refractivity contribution in [3.05, 3.63) is 26.9 Å². The van der Waals surface area contributed by atoms with Crippen LogP contribution in [0.4, 0.5) is 0 Å². The highest BCUT2D eigenvalue weighted by Crippen LogP contribution is 2.14. The lowest BCUT2D eigenvalue weighted by Gasteiger charge is -2.05. The SMILES string of the molecule is CCCCn1c(-c2cc(C)n[nH]c2=O)n[nH]c1=S. The highest BCUT2D eigenvalue weighted by Gasteiger charge is 2.12. The van der Waals surface area contributed by atoms with Gasteiger partial charge < -0.3 is 4.57 Å². The summed E-state index contributed by atoms with van der Waals surface area (Å²) in [6, 6.07) is 1.71. The van der Waals surface area contributed by atoms with Gasteiger partial charge in [0.2, 0.25) is 0 Å². The first kappa shape index (κ1) is 12.7. The Hall–Kier alpha value is -1.76. The summed E-state index contributed by atoms with van der Waals surface area (Å²) in [7, 11) is 0. The van der Waals surface area contributed by atoms with Crippen molar-refractivity contribution >= 4 is 12.2 Å². The van der Waals surface area contributed by atoms with Crippen LogP contribution in [-0.4, -0.2) is 25.0 Å². The molecule has 7 heteroatoms. The van der Waals surface area contributed by atoms with Crippen LogP contribution in [0.25, 0.3) is 11.4 Å². The summed E-state index contributed by atoms with van der Waals surface area (Å²) in [5.41, 5.74) is 0.971. The maximum atomic E-state index is 11.8. The molecule has 0 amide bonds.